The summed E-state index contributed by atoms with van der Waals surface area (Å²) in [5.74, 6) is 2.02. The smallest absolute Gasteiger partial charge is 0.191 e. The van der Waals surface area contributed by atoms with E-state index in [9.17, 15) is 12.8 Å². The van der Waals surface area contributed by atoms with E-state index >= 15 is 0 Å². The highest BCUT2D eigenvalue weighted by Gasteiger charge is 2.06. The first-order chi connectivity index (χ1) is 13.4. The first-order valence-corrected chi connectivity index (χ1v) is 12.0. The maximum absolute atomic E-state index is 13.6. The van der Waals surface area contributed by atoms with Crippen molar-refractivity contribution in [3.05, 3.63) is 65.5 Å². The van der Waals surface area contributed by atoms with E-state index in [-0.39, 0.29) is 5.82 Å². The molecule has 0 radical (unpaired) electrons. The fourth-order valence-corrected chi connectivity index (χ4v) is 3.96. The largest absolute Gasteiger partial charge is 0.356 e. The van der Waals surface area contributed by atoms with Gasteiger partial charge < -0.3 is 10.6 Å². The molecule has 8 heteroatoms. The quantitative estimate of drug-likeness (QED) is 0.369. The Balaban J connectivity index is 1.65. The zero-order chi connectivity index (χ0) is 20.4. The molecule has 0 unspecified atom stereocenters. The lowest BCUT2D eigenvalue weighted by Gasteiger charge is -2.12. The van der Waals surface area contributed by atoms with Gasteiger partial charge in [0, 0.05) is 37.9 Å². The monoisotopic (exact) mass is 423 g/mol. The van der Waals surface area contributed by atoms with E-state index in [1.807, 2.05) is 18.2 Å². The van der Waals surface area contributed by atoms with Gasteiger partial charge in [-0.05, 0) is 35.7 Å². The van der Waals surface area contributed by atoms with E-state index in [1.54, 1.807) is 43.1 Å². The summed E-state index contributed by atoms with van der Waals surface area (Å²) in [5.41, 5.74) is 1.77. The number of nitrogens with one attached hydrogen (secondary N) is 2. The number of rotatable bonds is 9. The lowest BCUT2D eigenvalue weighted by Crippen LogP contribution is -2.39. The lowest BCUT2D eigenvalue weighted by atomic mass is 10.1. The molecule has 0 bridgehead atoms. The van der Waals surface area contributed by atoms with E-state index < -0.39 is 9.84 Å². The fourth-order valence-electron chi connectivity index (χ4n) is 2.49. The summed E-state index contributed by atoms with van der Waals surface area (Å²) in [4.78, 5) is 4.51. The van der Waals surface area contributed by atoms with Crippen molar-refractivity contribution in [2.45, 2.75) is 17.1 Å². The molecule has 5 nitrogen and oxygen atoms in total. The molecule has 0 spiro atoms. The van der Waals surface area contributed by atoms with Gasteiger partial charge in [0.2, 0.25) is 0 Å². The molecule has 0 aliphatic heterocycles. The van der Waals surface area contributed by atoms with E-state index in [4.69, 9.17) is 0 Å². The predicted molar refractivity (Wildman–Crippen MR) is 115 cm³/mol. The maximum Gasteiger partial charge on any atom is 0.191 e. The van der Waals surface area contributed by atoms with Crippen molar-refractivity contribution in [2.24, 2.45) is 4.99 Å². The molecule has 28 heavy (non-hydrogen) atoms. The van der Waals surface area contributed by atoms with Crippen LogP contribution in [0.25, 0.3) is 0 Å². The van der Waals surface area contributed by atoms with Gasteiger partial charge in [0.1, 0.15) is 5.82 Å². The van der Waals surface area contributed by atoms with Crippen LogP contribution in [0.5, 0.6) is 0 Å². The maximum atomic E-state index is 13.6. The Morgan fingerprint density at radius 1 is 1.07 bits per heavy atom. The third kappa shape index (κ3) is 7.52. The molecular formula is C20H26FN3O2S2. The first kappa shape index (κ1) is 22.2. The van der Waals surface area contributed by atoms with Gasteiger partial charge in [-0.3, -0.25) is 4.99 Å². The first-order valence-electron chi connectivity index (χ1n) is 8.95. The zero-order valence-electron chi connectivity index (χ0n) is 16.1. The minimum absolute atomic E-state index is 0.162. The molecular weight excluding hydrogens is 397 g/mol. The van der Waals surface area contributed by atoms with Crippen LogP contribution < -0.4 is 10.6 Å². The van der Waals surface area contributed by atoms with Crippen molar-refractivity contribution in [3.8, 4) is 0 Å². The SMILES string of the molecule is CN=C(NCCSCc1ccccc1F)NCCc1ccc(S(C)(=O)=O)cc1. The molecule has 2 N–H and O–H groups in total. The predicted octanol–water partition coefficient (Wildman–Crippen LogP) is 2.87. The van der Waals surface area contributed by atoms with Crippen molar-refractivity contribution >= 4 is 27.6 Å². The summed E-state index contributed by atoms with van der Waals surface area (Å²) in [6.45, 7) is 1.40. The third-order valence-corrected chi connectivity index (χ3v) is 6.17. The molecule has 0 fully saturated rings. The second-order valence-corrected chi connectivity index (χ2v) is 9.36. The molecule has 2 aromatic rings. The fraction of sp³-hybridized carbons (Fsp3) is 0.350. The number of benzene rings is 2. The highest BCUT2D eigenvalue weighted by atomic mass is 32.2. The third-order valence-electron chi connectivity index (χ3n) is 4.04. The van der Waals surface area contributed by atoms with Crippen LogP contribution in [0.4, 0.5) is 4.39 Å². The number of guanidine groups is 1. The van der Waals surface area contributed by atoms with Crippen molar-refractivity contribution in [3.63, 3.8) is 0 Å². The summed E-state index contributed by atoms with van der Waals surface area (Å²) < 4.78 is 36.5. The van der Waals surface area contributed by atoms with E-state index in [0.29, 0.717) is 23.2 Å². The number of nitrogens with zero attached hydrogens (tertiary/aromatic N) is 1. The molecule has 0 amide bonds. The number of sulfone groups is 1. The number of halogens is 1. The van der Waals surface area contributed by atoms with Crippen LogP contribution >= 0.6 is 11.8 Å². The molecule has 0 aliphatic rings. The van der Waals surface area contributed by atoms with Crippen LogP contribution in [-0.4, -0.2) is 46.5 Å². The summed E-state index contributed by atoms with van der Waals surface area (Å²) in [7, 11) is -1.45. The normalized spacial score (nSPS) is 12.0. The van der Waals surface area contributed by atoms with Crippen molar-refractivity contribution in [2.75, 3.05) is 32.1 Å². The van der Waals surface area contributed by atoms with Crippen LogP contribution in [0.2, 0.25) is 0 Å². The van der Waals surface area contributed by atoms with Gasteiger partial charge >= 0.3 is 0 Å². The van der Waals surface area contributed by atoms with Gasteiger partial charge in [0.05, 0.1) is 4.90 Å². The van der Waals surface area contributed by atoms with Crippen molar-refractivity contribution in [1.82, 2.24) is 10.6 Å². The van der Waals surface area contributed by atoms with E-state index in [1.165, 1.54) is 12.3 Å². The molecule has 0 saturated heterocycles. The highest BCUT2D eigenvalue weighted by molar-refractivity contribution is 7.98. The number of hydrogen-bond acceptors (Lipinski definition) is 4. The Labute approximate surface area is 170 Å². The standard InChI is InChI=1S/C20H26FN3O2S2/c1-22-20(24-13-14-27-15-17-5-3-4-6-19(17)21)23-12-11-16-7-9-18(10-8-16)28(2,25)26/h3-10H,11-15H2,1-2H3,(H2,22,23,24). The number of aliphatic imine (C=N–C) groups is 1. The van der Waals surface area contributed by atoms with Crippen LogP contribution in [-0.2, 0) is 22.0 Å². The summed E-state index contributed by atoms with van der Waals surface area (Å²) in [5, 5.41) is 6.46. The average Bonchev–Trinajstić information content (AvgIpc) is 2.67. The van der Waals surface area contributed by atoms with E-state index in [0.717, 1.165) is 29.8 Å². The van der Waals surface area contributed by atoms with E-state index in [2.05, 4.69) is 15.6 Å². The molecule has 2 rings (SSSR count). The van der Waals surface area contributed by atoms with Gasteiger partial charge in [-0.15, -0.1) is 0 Å². The van der Waals surface area contributed by atoms with Crippen molar-refractivity contribution < 1.29 is 12.8 Å². The van der Waals surface area contributed by atoms with Gasteiger partial charge in [-0.25, -0.2) is 12.8 Å². The molecule has 2 aromatic carbocycles. The molecule has 0 atom stereocenters. The Morgan fingerprint density at radius 2 is 1.75 bits per heavy atom. The molecule has 0 aliphatic carbocycles. The summed E-state index contributed by atoms with van der Waals surface area (Å²) in [6.07, 6.45) is 1.96. The molecule has 0 heterocycles. The van der Waals surface area contributed by atoms with Crippen molar-refractivity contribution in [1.29, 1.82) is 0 Å². The van der Waals surface area contributed by atoms with Crippen LogP contribution in [0.3, 0.4) is 0 Å². The summed E-state index contributed by atoms with van der Waals surface area (Å²) in [6, 6.07) is 13.7. The van der Waals surface area contributed by atoms with Gasteiger partial charge in [0.25, 0.3) is 0 Å². The Hall–Kier alpha value is -2.06. The average molecular weight is 424 g/mol. The second kappa shape index (κ2) is 11.1. The summed E-state index contributed by atoms with van der Waals surface area (Å²) >= 11 is 1.66. The number of hydrogen-bond donors (Lipinski definition) is 2. The topological polar surface area (TPSA) is 70.6 Å². The molecule has 0 saturated carbocycles. The van der Waals surface area contributed by atoms with Gasteiger partial charge in [0.15, 0.2) is 15.8 Å². The van der Waals surface area contributed by atoms with Crippen LogP contribution in [0.1, 0.15) is 11.1 Å². The second-order valence-electron chi connectivity index (χ2n) is 6.24. The lowest BCUT2D eigenvalue weighted by molar-refractivity contribution is 0.602. The molecule has 152 valence electrons. The van der Waals surface area contributed by atoms with Crippen LogP contribution in [0, 0.1) is 5.82 Å². The van der Waals surface area contributed by atoms with Crippen LogP contribution in [0.15, 0.2) is 58.4 Å². The highest BCUT2D eigenvalue weighted by Crippen LogP contribution is 2.14. The Kier molecular flexibility index (Phi) is 8.79. The van der Waals surface area contributed by atoms with Gasteiger partial charge in [-0.2, -0.15) is 11.8 Å². The van der Waals surface area contributed by atoms with Gasteiger partial charge in [-0.1, -0.05) is 30.3 Å². The Bertz CT molecular complexity index is 885. The minimum Gasteiger partial charge on any atom is -0.356 e. The minimum atomic E-state index is -3.16. The number of thioether (sulfide) groups is 1. The molecule has 0 aromatic heterocycles. The Morgan fingerprint density at radius 3 is 2.39 bits per heavy atom. The zero-order valence-corrected chi connectivity index (χ0v) is 17.7.